The fourth-order valence-corrected chi connectivity index (χ4v) is 2.55. The Balaban J connectivity index is 2.09. The minimum atomic E-state index is 0.599. The summed E-state index contributed by atoms with van der Waals surface area (Å²) in [5.41, 5.74) is 5.00. The van der Waals surface area contributed by atoms with Crippen molar-refractivity contribution in [2.24, 2.45) is 0 Å². The van der Waals surface area contributed by atoms with E-state index < -0.39 is 0 Å². The van der Waals surface area contributed by atoms with Crippen LogP contribution in [-0.4, -0.2) is 6.54 Å². The molecule has 0 aliphatic rings. The van der Waals surface area contributed by atoms with Crippen LogP contribution in [-0.2, 0) is 13.2 Å². The molecule has 0 saturated heterocycles. The van der Waals surface area contributed by atoms with Crippen molar-refractivity contribution in [2.45, 2.75) is 33.9 Å². The molecule has 0 amide bonds. The Morgan fingerprint density at radius 3 is 2.57 bits per heavy atom. The van der Waals surface area contributed by atoms with Gasteiger partial charge in [-0.15, -0.1) is 0 Å². The van der Waals surface area contributed by atoms with Crippen molar-refractivity contribution in [1.29, 1.82) is 0 Å². The van der Waals surface area contributed by atoms with Crippen LogP contribution >= 0.6 is 15.9 Å². The number of halogens is 1. The first-order valence-electron chi connectivity index (χ1n) is 7.28. The second-order valence-electron chi connectivity index (χ2n) is 5.24. The molecule has 0 fully saturated rings. The summed E-state index contributed by atoms with van der Waals surface area (Å²) in [6, 6.07) is 12.6. The molecule has 112 valence electrons. The molecule has 0 bridgehead atoms. The first-order valence-corrected chi connectivity index (χ1v) is 8.07. The van der Waals surface area contributed by atoms with Crippen LogP contribution in [0.15, 0.2) is 40.9 Å². The van der Waals surface area contributed by atoms with E-state index in [1.165, 1.54) is 22.3 Å². The molecule has 0 spiro atoms. The van der Waals surface area contributed by atoms with Gasteiger partial charge in [-0.3, -0.25) is 0 Å². The molecule has 0 aliphatic carbocycles. The van der Waals surface area contributed by atoms with Gasteiger partial charge in [-0.2, -0.15) is 0 Å². The van der Waals surface area contributed by atoms with Gasteiger partial charge in [-0.05, 0) is 55.3 Å². The second-order valence-corrected chi connectivity index (χ2v) is 6.16. The number of nitrogens with one attached hydrogen (secondary N) is 1. The lowest BCUT2D eigenvalue weighted by molar-refractivity contribution is 0.302. The van der Waals surface area contributed by atoms with Gasteiger partial charge in [0.25, 0.3) is 0 Å². The second kappa shape index (κ2) is 7.62. The molecule has 0 radical (unpaired) electrons. The molecule has 0 aliphatic heterocycles. The van der Waals surface area contributed by atoms with E-state index in [9.17, 15) is 0 Å². The van der Waals surface area contributed by atoms with Crippen LogP contribution in [0.25, 0.3) is 0 Å². The molecule has 0 atom stereocenters. The normalized spacial score (nSPS) is 10.7. The number of rotatable bonds is 6. The van der Waals surface area contributed by atoms with Crippen LogP contribution in [0.4, 0.5) is 0 Å². The number of hydrogen-bond acceptors (Lipinski definition) is 2. The highest BCUT2D eigenvalue weighted by Crippen LogP contribution is 2.24. The molecule has 21 heavy (non-hydrogen) atoms. The summed E-state index contributed by atoms with van der Waals surface area (Å²) in [5, 5.41) is 3.35. The van der Waals surface area contributed by atoms with E-state index in [4.69, 9.17) is 4.74 Å². The van der Waals surface area contributed by atoms with Crippen molar-refractivity contribution in [3.63, 3.8) is 0 Å². The maximum absolute atomic E-state index is 6.01. The van der Waals surface area contributed by atoms with Gasteiger partial charge in [0.1, 0.15) is 12.4 Å². The minimum absolute atomic E-state index is 0.599. The molecule has 3 heteroatoms. The molecule has 2 aromatic carbocycles. The van der Waals surface area contributed by atoms with Crippen LogP contribution in [0.2, 0.25) is 0 Å². The summed E-state index contributed by atoms with van der Waals surface area (Å²) in [6.45, 7) is 8.73. The number of benzene rings is 2. The molecule has 1 N–H and O–H groups in total. The van der Waals surface area contributed by atoms with Crippen molar-refractivity contribution < 1.29 is 4.74 Å². The maximum atomic E-state index is 6.01. The third kappa shape index (κ3) is 4.58. The van der Waals surface area contributed by atoms with E-state index in [1.54, 1.807) is 0 Å². The zero-order valence-electron chi connectivity index (χ0n) is 12.9. The lowest BCUT2D eigenvalue weighted by atomic mass is 10.1. The van der Waals surface area contributed by atoms with Gasteiger partial charge in [0.05, 0.1) is 0 Å². The Labute approximate surface area is 135 Å². The Bertz CT molecular complexity index is 610. The van der Waals surface area contributed by atoms with Crippen molar-refractivity contribution in [3.05, 3.63) is 63.1 Å². The van der Waals surface area contributed by atoms with Crippen molar-refractivity contribution in [3.8, 4) is 5.75 Å². The number of hydrogen-bond donors (Lipinski definition) is 1. The molecule has 2 rings (SSSR count). The lowest BCUT2D eigenvalue weighted by Gasteiger charge is -2.13. The Kier molecular flexibility index (Phi) is 5.83. The molecule has 0 unspecified atom stereocenters. The molecule has 0 heterocycles. The van der Waals surface area contributed by atoms with E-state index in [1.807, 2.05) is 12.1 Å². The predicted molar refractivity (Wildman–Crippen MR) is 91.8 cm³/mol. The van der Waals surface area contributed by atoms with Gasteiger partial charge in [0, 0.05) is 16.6 Å². The smallest absolute Gasteiger partial charge is 0.124 e. The molecule has 0 saturated carbocycles. The zero-order chi connectivity index (χ0) is 15.2. The van der Waals surface area contributed by atoms with Crippen molar-refractivity contribution >= 4 is 15.9 Å². The van der Waals surface area contributed by atoms with Crippen molar-refractivity contribution in [1.82, 2.24) is 5.32 Å². The third-order valence-corrected chi connectivity index (χ3v) is 4.05. The van der Waals surface area contributed by atoms with E-state index in [2.05, 4.69) is 66.3 Å². The van der Waals surface area contributed by atoms with Crippen molar-refractivity contribution in [2.75, 3.05) is 6.54 Å². The predicted octanol–water partition coefficient (Wildman–Crippen LogP) is 4.75. The first kappa shape index (κ1) is 16.1. The van der Waals surface area contributed by atoms with Crippen LogP contribution in [0.1, 0.15) is 29.2 Å². The van der Waals surface area contributed by atoms with Crippen LogP contribution in [0.3, 0.4) is 0 Å². The highest BCUT2D eigenvalue weighted by atomic mass is 79.9. The summed E-state index contributed by atoms with van der Waals surface area (Å²) in [5.74, 6) is 0.942. The fourth-order valence-electron chi connectivity index (χ4n) is 2.14. The molecule has 2 nitrogen and oxygen atoms in total. The van der Waals surface area contributed by atoms with Gasteiger partial charge in [-0.1, -0.05) is 41.1 Å². The Morgan fingerprint density at radius 1 is 1.05 bits per heavy atom. The SMILES string of the molecule is CCNCc1cc(Br)ccc1OCc1ccc(C)c(C)c1. The van der Waals surface area contributed by atoms with E-state index >= 15 is 0 Å². The maximum Gasteiger partial charge on any atom is 0.124 e. The topological polar surface area (TPSA) is 21.3 Å². The standard InChI is InChI=1S/C18H22BrNO/c1-4-20-11-16-10-17(19)7-8-18(16)21-12-15-6-5-13(2)14(3)9-15/h5-10,20H,4,11-12H2,1-3H3. The summed E-state index contributed by atoms with van der Waals surface area (Å²) in [4.78, 5) is 0. The number of aryl methyl sites for hydroxylation is 2. The van der Waals surface area contributed by atoms with Crippen LogP contribution < -0.4 is 10.1 Å². The highest BCUT2D eigenvalue weighted by molar-refractivity contribution is 9.10. The zero-order valence-corrected chi connectivity index (χ0v) is 14.5. The Hall–Kier alpha value is -1.32. The molecule has 0 aromatic heterocycles. The van der Waals surface area contributed by atoms with Gasteiger partial charge in [-0.25, -0.2) is 0 Å². The van der Waals surface area contributed by atoms with Gasteiger partial charge >= 0.3 is 0 Å². The summed E-state index contributed by atoms with van der Waals surface area (Å²) >= 11 is 3.52. The highest BCUT2D eigenvalue weighted by Gasteiger charge is 2.05. The van der Waals surface area contributed by atoms with Gasteiger partial charge < -0.3 is 10.1 Å². The Morgan fingerprint density at radius 2 is 1.86 bits per heavy atom. The fraction of sp³-hybridized carbons (Fsp3) is 0.333. The van der Waals surface area contributed by atoms with E-state index in [0.29, 0.717) is 6.61 Å². The van der Waals surface area contributed by atoms with E-state index in [0.717, 1.165) is 23.3 Å². The lowest BCUT2D eigenvalue weighted by Crippen LogP contribution is -2.13. The summed E-state index contributed by atoms with van der Waals surface area (Å²) in [7, 11) is 0. The molecular formula is C18H22BrNO. The summed E-state index contributed by atoms with van der Waals surface area (Å²) in [6.07, 6.45) is 0. The van der Waals surface area contributed by atoms with Crippen LogP contribution in [0, 0.1) is 13.8 Å². The van der Waals surface area contributed by atoms with E-state index in [-0.39, 0.29) is 0 Å². The average Bonchev–Trinajstić information content (AvgIpc) is 2.47. The first-order chi connectivity index (χ1) is 10.1. The monoisotopic (exact) mass is 347 g/mol. The summed E-state index contributed by atoms with van der Waals surface area (Å²) < 4.78 is 7.09. The molecular weight excluding hydrogens is 326 g/mol. The van der Waals surface area contributed by atoms with Gasteiger partial charge in [0.15, 0.2) is 0 Å². The quantitative estimate of drug-likeness (QED) is 0.813. The van der Waals surface area contributed by atoms with Crippen LogP contribution in [0.5, 0.6) is 5.75 Å². The average molecular weight is 348 g/mol. The van der Waals surface area contributed by atoms with Gasteiger partial charge in [0.2, 0.25) is 0 Å². The largest absolute Gasteiger partial charge is 0.489 e. The number of ether oxygens (including phenoxy) is 1. The molecule has 2 aromatic rings. The third-order valence-electron chi connectivity index (χ3n) is 3.55. The minimum Gasteiger partial charge on any atom is -0.489 e.